The van der Waals surface area contributed by atoms with Crippen molar-refractivity contribution in [3.63, 3.8) is 0 Å². The first kappa shape index (κ1) is 28.6. The molecular weight excluding hydrogens is 607 g/mol. The molecule has 0 saturated carbocycles. The molecule has 0 bridgehead atoms. The number of nitrogens with one attached hydrogen (secondary N) is 1. The lowest BCUT2D eigenvalue weighted by Crippen LogP contribution is -2.54. The number of anilines is 1. The zero-order valence-electron chi connectivity index (χ0n) is 22.3. The van der Waals surface area contributed by atoms with Crippen molar-refractivity contribution in [3.8, 4) is 17.2 Å². The molecule has 1 N–H and O–H groups in total. The molecule has 0 unspecified atom stereocenters. The van der Waals surface area contributed by atoms with E-state index in [9.17, 15) is 18.8 Å². The molecule has 212 valence electrons. The van der Waals surface area contributed by atoms with E-state index < -0.39 is 23.7 Å². The molecule has 1 saturated heterocycles. The predicted molar refractivity (Wildman–Crippen MR) is 158 cm³/mol. The summed E-state index contributed by atoms with van der Waals surface area (Å²) in [5.74, 6) is -0.877. The second-order valence-electron chi connectivity index (χ2n) is 9.14. The Bertz CT molecular complexity index is 1670. The second-order valence-corrected chi connectivity index (χ2v) is 9.99. The van der Waals surface area contributed by atoms with Crippen LogP contribution >= 0.6 is 15.9 Å². The average Bonchev–Trinajstić information content (AvgIpc) is 2.99. The predicted octanol–water partition coefficient (Wildman–Crippen LogP) is 6.42. The van der Waals surface area contributed by atoms with Gasteiger partial charge in [-0.2, -0.15) is 0 Å². The molecule has 0 aromatic heterocycles. The summed E-state index contributed by atoms with van der Waals surface area (Å²) in [4.78, 5) is 39.6. The summed E-state index contributed by atoms with van der Waals surface area (Å²) in [6.45, 7) is 0.312. The zero-order valence-corrected chi connectivity index (χ0v) is 23.9. The Balaban J connectivity index is 1.35. The zero-order chi connectivity index (χ0) is 29.6. The van der Waals surface area contributed by atoms with Gasteiger partial charge in [-0.05, 0) is 75.6 Å². The summed E-state index contributed by atoms with van der Waals surface area (Å²) in [6.07, 6.45) is 1.35. The molecule has 0 atom stereocenters. The monoisotopic (exact) mass is 630 g/mol. The fourth-order valence-electron chi connectivity index (χ4n) is 4.22. The van der Waals surface area contributed by atoms with Crippen molar-refractivity contribution in [2.75, 3.05) is 12.0 Å². The Morgan fingerprint density at radius 3 is 2.31 bits per heavy atom. The first-order valence-electron chi connectivity index (χ1n) is 12.8. The quantitative estimate of drug-likeness (QED) is 0.169. The molecule has 0 spiro atoms. The lowest BCUT2D eigenvalue weighted by Gasteiger charge is -2.26. The minimum atomic E-state index is -0.865. The molecule has 0 aliphatic carbocycles. The number of barbiturate groups is 1. The van der Waals surface area contributed by atoms with Gasteiger partial charge in [0.1, 0.15) is 30.4 Å². The number of ether oxygens (including phenoxy) is 3. The lowest BCUT2D eigenvalue weighted by atomic mass is 10.1. The molecule has 10 heteroatoms. The van der Waals surface area contributed by atoms with E-state index in [4.69, 9.17) is 14.2 Å². The summed E-state index contributed by atoms with van der Waals surface area (Å²) in [5, 5.41) is 2.21. The van der Waals surface area contributed by atoms with Crippen LogP contribution in [0.3, 0.4) is 0 Å². The maximum absolute atomic E-state index is 14.0. The topological polar surface area (TPSA) is 94.2 Å². The van der Waals surface area contributed by atoms with E-state index in [0.717, 1.165) is 10.5 Å². The number of nitrogens with zero attached hydrogens (tertiary/aromatic N) is 1. The normalized spacial score (nSPS) is 14.1. The number of rotatable bonds is 9. The third-order valence-electron chi connectivity index (χ3n) is 6.34. The number of carbonyl (C=O) groups is 3. The van der Waals surface area contributed by atoms with Crippen LogP contribution in [0.2, 0.25) is 0 Å². The molecule has 42 heavy (non-hydrogen) atoms. The van der Waals surface area contributed by atoms with E-state index in [1.165, 1.54) is 19.3 Å². The van der Waals surface area contributed by atoms with Gasteiger partial charge in [0.15, 0.2) is 11.5 Å². The molecular formula is C32H24BrFN2O6. The third kappa shape index (κ3) is 6.34. The van der Waals surface area contributed by atoms with E-state index in [-0.39, 0.29) is 23.6 Å². The number of urea groups is 1. The fourth-order valence-corrected chi connectivity index (χ4v) is 4.79. The van der Waals surface area contributed by atoms with Gasteiger partial charge in [0.05, 0.1) is 17.3 Å². The number of carbonyl (C=O) groups excluding carboxylic acids is 3. The highest BCUT2D eigenvalue weighted by molar-refractivity contribution is 9.10. The Morgan fingerprint density at radius 1 is 0.881 bits per heavy atom. The van der Waals surface area contributed by atoms with Gasteiger partial charge >= 0.3 is 6.03 Å². The van der Waals surface area contributed by atoms with Crippen molar-refractivity contribution in [1.29, 1.82) is 0 Å². The van der Waals surface area contributed by atoms with Crippen molar-refractivity contribution < 1.29 is 33.0 Å². The highest BCUT2D eigenvalue weighted by Gasteiger charge is 2.37. The Kier molecular flexibility index (Phi) is 8.63. The fraction of sp³-hybridized carbons (Fsp3) is 0.0938. The van der Waals surface area contributed by atoms with Crippen molar-refractivity contribution in [2.45, 2.75) is 13.2 Å². The molecule has 5 rings (SSSR count). The number of benzene rings is 4. The van der Waals surface area contributed by atoms with E-state index in [0.29, 0.717) is 33.7 Å². The smallest absolute Gasteiger partial charge is 0.335 e. The van der Waals surface area contributed by atoms with Crippen molar-refractivity contribution >= 4 is 45.5 Å². The van der Waals surface area contributed by atoms with E-state index >= 15 is 0 Å². The number of hydrogen-bond donors (Lipinski definition) is 1. The van der Waals surface area contributed by atoms with Gasteiger partial charge in [0.2, 0.25) is 0 Å². The van der Waals surface area contributed by atoms with Crippen LogP contribution in [0, 0.1) is 5.82 Å². The van der Waals surface area contributed by atoms with Crippen LogP contribution in [0.1, 0.15) is 16.7 Å². The molecule has 4 aromatic rings. The lowest BCUT2D eigenvalue weighted by molar-refractivity contribution is -0.122. The van der Waals surface area contributed by atoms with E-state index in [1.54, 1.807) is 54.6 Å². The summed E-state index contributed by atoms with van der Waals surface area (Å²) in [6, 6.07) is 24.6. The highest BCUT2D eigenvalue weighted by atomic mass is 79.9. The van der Waals surface area contributed by atoms with Gasteiger partial charge in [0.25, 0.3) is 11.8 Å². The van der Waals surface area contributed by atoms with Gasteiger partial charge in [-0.25, -0.2) is 14.1 Å². The standard InChI is InChI=1S/C32H24BrFN2O6/c1-40-28-17-21(16-26(33)29(28)42-19-22-9-5-6-10-27(22)34)15-25-30(37)35-32(39)36(31(25)38)23-11-13-24(14-12-23)41-18-20-7-3-2-4-8-20/h2-17H,18-19H2,1H3,(H,35,37,39)/b25-15+. The Hall–Kier alpha value is -4.96. The maximum atomic E-state index is 14.0. The molecule has 1 fully saturated rings. The summed E-state index contributed by atoms with van der Waals surface area (Å²) in [5.41, 5.74) is 1.79. The van der Waals surface area contributed by atoms with Crippen LogP contribution in [0.25, 0.3) is 6.08 Å². The largest absolute Gasteiger partial charge is 0.493 e. The van der Waals surface area contributed by atoms with Gasteiger partial charge in [-0.3, -0.25) is 14.9 Å². The third-order valence-corrected chi connectivity index (χ3v) is 6.93. The highest BCUT2D eigenvalue weighted by Crippen LogP contribution is 2.38. The summed E-state index contributed by atoms with van der Waals surface area (Å²) in [7, 11) is 1.43. The van der Waals surface area contributed by atoms with Gasteiger partial charge in [0, 0.05) is 5.56 Å². The number of methoxy groups -OCH3 is 1. The SMILES string of the molecule is COc1cc(/C=C2\C(=O)NC(=O)N(c3ccc(OCc4ccccc4)cc3)C2=O)cc(Br)c1OCc1ccccc1F. The molecule has 1 aliphatic rings. The van der Waals surface area contributed by atoms with Crippen molar-refractivity contribution in [1.82, 2.24) is 5.32 Å². The van der Waals surface area contributed by atoms with Gasteiger partial charge in [-0.1, -0.05) is 48.5 Å². The van der Waals surface area contributed by atoms with Crippen molar-refractivity contribution in [3.05, 3.63) is 124 Å². The number of halogens is 2. The number of imide groups is 2. The minimum Gasteiger partial charge on any atom is -0.493 e. The van der Waals surface area contributed by atoms with Crippen LogP contribution in [0.5, 0.6) is 17.2 Å². The van der Waals surface area contributed by atoms with Gasteiger partial charge in [-0.15, -0.1) is 0 Å². The number of amides is 4. The average molecular weight is 631 g/mol. The molecule has 4 aromatic carbocycles. The minimum absolute atomic E-state index is 0.0455. The van der Waals surface area contributed by atoms with Crippen LogP contribution in [0.15, 0.2) is 101 Å². The van der Waals surface area contributed by atoms with Gasteiger partial charge < -0.3 is 14.2 Å². The maximum Gasteiger partial charge on any atom is 0.335 e. The Labute approximate surface area is 249 Å². The molecule has 4 amide bonds. The van der Waals surface area contributed by atoms with E-state index in [1.807, 2.05) is 30.3 Å². The first-order valence-corrected chi connectivity index (χ1v) is 13.6. The summed E-state index contributed by atoms with van der Waals surface area (Å²) >= 11 is 3.43. The number of hydrogen-bond acceptors (Lipinski definition) is 6. The first-order chi connectivity index (χ1) is 20.3. The molecule has 1 heterocycles. The van der Waals surface area contributed by atoms with Crippen LogP contribution in [0.4, 0.5) is 14.9 Å². The van der Waals surface area contributed by atoms with Crippen LogP contribution < -0.4 is 24.4 Å². The summed E-state index contributed by atoms with van der Waals surface area (Å²) < 4.78 is 31.5. The molecule has 8 nitrogen and oxygen atoms in total. The van der Waals surface area contributed by atoms with Crippen LogP contribution in [-0.4, -0.2) is 25.0 Å². The molecule has 0 radical (unpaired) electrons. The van der Waals surface area contributed by atoms with Crippen molar-refractivity contribution in [2.24, 2.45) is 0 Å². The second kappa shape index (κ2) is 12.7. The Morgan fingerprint density at radius 2 is 1.60 bits per heavy atom. The van der Waals surface area contributed by atoms with E-state index in [2.05, 4.69) is 21.2 Å². The van der Waals surface area contributed by atoms with Crippen LogP contribution in [-0.2, 0) is 22.8 Å². The molecule has 1 aliphatic heterocycles.